The maximum Gasteiger partial charge on any atom is 0.241 e. The molecule has 0 bridgehead atoms. The minimum absolute atomic E-state index is 0.105. The highest BCUT2D eigenvalue weighted by molar-refractivity contribution is 7.89. The van der Waals surface area contributed by atoms with E-state index in [1.54, 1.807) is 17.5 Å². The number of nitrogens with zero attached hydrogens (tertiary/aromatic N) is 3. The summed E-state index contributed by atoms with van der Waals surface area (Å²) < 4.78 is 30.5. The molecule has 0 aliphatic heterocycles. The molecular weight excluding hydrogens is 404 g/mol. The van der Waals surface area contributed by atoms with Gasteiger partial charge >= 0.3 is 0 Å². The summed E-state index contributed by atoms with van der Waals surface area (Å²) in [7, 11) is -3.67. The molecule has 0 fully saturated rings. The third kappa shape index (κ3) is 3.83. The molecule has 0 saturated carbocycles. The van der Waals surface area contributed by atoms with Crippen LogP contribution >= 0.6 is 11.3 Å². The Balaban J connectivity index is 1.75. The Labute approximate surface area is 174 Å². The number of imidazole rings is 1. The van der Waals surface area contributed by atoms with Gasteiger partial charge in [-0.15, -0.1) is 0 Å². The maximum atomic E-state index is 13.0. The van der Waals surface area contributed by atoms with Crippen LogP contribution in [-0.4, -0.2) is 23.0 Å². The third-order valence-corrected chi connectivity index (χ3v) is 7.35. The van der Waals surface area contributed by atoms with Crippen molar-refractivity contribution in [2.45, 2.75) is 38.6 Å². The summed E-state index contributed by atoms with van der Waals surface area (Å²) in [6, 6.07) is 15.2. The van der Waals surface area contributed by atoms with E-state index < -0.39 is 10.0 Å². The zero-order valence-corrected chi connectivity index (χ0v) is 18.1. The second-order valence-electron chi connectivity index (χ2n) is 6.91. The monoisotopic (exact) mass is 426 g/mol. The second kappa shape index (κ2) is 7.70. The lowest BCUT2D eigenvalue weighted by Gasteiger charge is -2.11. The number of aryl methyl sites for hydroxylation is 3. The zero-order chi connectivity index (χ0) is 20.6. The van der Waals surface area contributed by atoms with Gasteiger partial charge in [0.1, 0.15) is 5.01 Å². The molecule has 4 rings (SSSR count). The summed E-state index contributed by atoms with van der Waals surface area (Å²) in [5.74, 6) is 0. The number of hydrogen-bond acceptors (Lipinski definition) is 5. The Morgan fingerprint density at radius 1 is 1.10 bits per heavy atom. The molecule has 8 heteroatoms. The van der Waals surface area contributed by atoms with E-state index >= 15 is 0 Å². The van der Waals surface area contributed by atoms with Crippen molar-refractivity contribution in [3.05, 3.63) is 70.4 Å². The number of benzene rings is 2. The predicted octanol–water partition coefficient (Wildman–Crippen LogP) is 4.12. The summed E-state index contributed by atoms with van der Waals surface area (Å²) in [4.78, 5) is 5.80. The molecule has 0 radical (unpaired) electrons. The quantitative estimate of drug-likeness (QED) is 0.503. The standard InChI is InChI=1S/C21H22N4O2S2/c1-4-19-24-25-17(20(23-21(25)28-19)16-8-6-5-7-9-16)13-22-29(26,27)18-12-14(2)10-11-15(18)3/h5-12,22H,4,13H2,1-3H3. The van der Waals surface area contributed by atoms with Gasteiger partial charge in [0.05, 0.1) is 22.8 Å². The van der Waals surface area contributed by atoms with E-state index in [0.717, 1.165) is 38.9 Å². The molecule has 29 heavy (non-hydrogen) atoms. The van der Waals surface area contributed by atoms with Crippen molar-refractivity contribution >= 4 is 26.3 Å². The number of nitrogens with one attached hydrogen (secondary N) is 1. The summed E-state index contributed by atoms with van der Waals surface area (Å²) in [6.07, 6.45) is 0.808. The van der Waals surface area contributed by atoms with Crippen molar-refractivity contribution in [1.82, 2.24) is 19.3 Å². The molecule has 2 aromatic carbocycles. The fraction of sp³-hybridized carbons (Fsp3) is 0.238. The minimum Gasteiger partial charge on any atom is -0.217 e. The van der Waals surface area contributed by atoms with E-state index in [9.17, 15) is 8.42 Å². The van der Waals surface area contributed by atoms with Gasteiger partial charge in [-0.2, -0.15) is 5.10 Å². The molecule has 0 unspecified atom stereocenters. The molecule has 0 spiro atoms. The van der Waals surface area contributed by atoms with Gasteiger partial charge in [-0.1, -0.05) is 60.7 Å². The van der Waals surface area contributed by atoms with Crippen LogP contribution in [0, 0.1) is 13.8 Å². The van der Waals surface area contributed by atoms with Crippen LogP contribution in [0.3, 0.4) is 0 Å². The number of rotatable bonds is 6. The van der Waals surface area contributed by atoms with Gasteiger partial charge in [-0.05, 0) is 37.5 Å². The highest BCUT2D eigenvalue weighted by atomic mass is 32.2. The van der Waals surface area contributed by atoms with Gasteiger partial charge in [0.25, 0.3) is 0 Å². The van der Waals surface area contributed by atoms with Crippen LogP contribution in [0.1, 0.15) is 28.8 Å². The Hall–Kier alpha value is -2.55. The van der Waals surface area contributed by atoms with Gasteiger partial charge in [-0.25, -0.2) is 22.6 Å². The van der Waals surface area contributed by atoms with Crippen LogP contribution in [0.15, 0.2) is 53.4 Å². The highest BCUT2D eigenvalue weighted by Crippen LogP contribution is 2.27. The Bertz CT molecular complexity index is 1280. The van der Waals surface area contributed by atoms with Gasteiger partial charge < -0.3 is 0 Å². The zero-order valence-electron chi connectivity index (χ0n) is 16.5. The Morgan fingerprint density at radius 3 is 2.59 bits per heavy atom. The topological polar surface area (TPSA) is 76.4 Å². The maximum absolute atomic E-state index is 13.0. The van der Waals surface area contributed by atoms with Crippen LogP contribution in [0.25, 0.3) is 16.2 Å². The lowest BCUT2D eigenvalue weighted by molar-refractivity contribution is 0.579. The number of aromatic nitrogens is 3. The Morgan fingerprint density at radius 2 is 1.86 bits per heavy atom. The lowest BCUT2D eigenvalue weighted by atomic mass is 10.1. The van der Waals surface area contributed by atoms with Gasteiger partial charge in [0.2, 0.25) is 15.0 Å². The first-order chi connectivity index (χ1) is 13.9. The first-order valence-corrected chi connectivity index (χ1v) is 11.7. The molecule has 0 aliphatic rings. The average molecular weight is 427 g/mol. The van der Waals surface area contributed by atoms with Crippen molar-refractivity contribution < 1.29 is 8.42 Å². The first-order valence-electron chi connectivity index (χ1n) is 9.38. The molecule has 150 valence electrons. The van der Waals surface area contributed by atoms with Gasteiger partial charge in [0, 0.05) is 5.56 Å². The summed E-state index contributed by atoms with van der Waals surface area (Å²) in [5, 5.41) is 5.58. The van der Waals surface area contributed by atoms with Crippen LogP contribution in [0.5, 0.6) is 0 Å². The van der Waals surface area contributed by atoms with Crippen molar-refractivity contribution in [2.24, 2.45) is 0 Å². The molecule has 1 N–H and O–H groups in total. The van der Waals surface area contributed by atoms with E-state index in [4.69, 9.17) is 4.98 Å². The summed E-state index contributed by atoms with van der Waals surface area (Å²) in [6.45, 7) is 5.83. The normalized spacial score (nSPS) is 12.0. The predicted molar refractivity (Wildman–Crippen MR) is 116 cm³/mol. The largest absolute Gasteiger partial charge is 0.241 e. The molecule has 0 saturated heterocycles. The number of fused-ring (bicyclic) bond motifs is 1. The SMILES string of the molecule is CCc1nn2c(CNS(=O)(=O)c3cc(C)ccc3C)c(-c3ccccc3)nc2s1. The second-order valence-corrected chi connectivity index (χ2v) is 9.69. The number of hydrogen-bond donors (Lipinski definition) is 1. The lowest BCUT2D eigenvalue weighted by Crippen LogP contribution is -2.25. The molecular formula is C21H22N4O2S2. The Kier molecular flexibility index (Phi) is 5.24. The smallest absolute Gasteiger partial charge is 0.217 e. The van der Waals surface area contributed by atoms with Crippen LogP contribution in [-0.2, 0) is 23.0 Å². The van der Waals surface area contributed by atoms with E-state index in [1.807, 2.05) is 56.3 Å². The molecule has 0 atom stereocenters. The fourth-order valence-corrected chi connectivity index (χ4v) is 5.36. The van der Waals surface area contributed by atoms with Crippen LogP contribution in [0.4, 0.5) is 0 Å². The first kappa shape index (κ1) is 19.8. The third-order valence-electron chi connectivity index (χ3n) is 4.75. The van der Waals surface area contributed by atoms with Crippen LogP contribution in [0.2, 0.25) is 0 Å². The molecule has 2 aromatic heterocycles. The van der Waals surface area contributed by atoms with E-state index in [2.05, 4.69) is 9.82 Å². The van der Waals surface area contributed by atoms with Crippen LogP contribution < -0.4 is 4.72 Å². The summed E-state index contributed by atoms with van der Waals surface area (Å²) in [5.41, 5.74) is 4.03. The van der Waals surface area contributed by atoms with E-state index in [0.29, 0.717) is 10.5 Å². The molecule has 0 amide bonds. The molecule has 6 nitrogen and oxygen atoms in total. The van der Waals surface area contributed by atoms with Crippen molar-refractivity contribution in [2.75, 3.05) is 0 Å². The number of sulfonamides is 1. The van der Waals surface area contributed by atoms with Gasteiger partial charge in [-0.3, -0.25) is 0 Å². The summed E-state index contributed by atoms with van der Waals surface area (Å²) >= 11 is 1.52. The van der Waals surface area contributed by atoms with E-state index in [1.165, 1.54) is 11.3 Å². The minimum atomic E-state index is -3.67. The van der Waals surface area contributed by atoms with Crippen molar-refractivity contribution in [3.8, 4) is 11.3 Å². The molecule has 2 heterocycles. The van der Waals surface area contributed by atoms with E-state index in [-0.39, 0.29) is 6.54 Å². The average Bonchev–Trinajstić information content (AvgIpc) is 3.26. The highest BCUT2D eigenvalue weighted by Gasteiger charge is 2.22. The fourth-order valence-electron chi connectivity index (χ4n) is 3.20. The van der Waals surface area contributed by atoms with Crippen molar-refractivity contribution in [3.63, 3.8) is 0 Å². The van der Waals surface area contributed by atoms with Gasteiger partial charge in [0.15, 0.2) is 0 Å². The molecule has 4 aromatic rings. The molecule has 0 aliphatic carbocycles. The van der Waals surface area contributed by atoms with Crippen molar-refractivity contribution in [1.29, 1.82) is 0 Å².